The average molecular weight is 281 g/mol. The molecule has 1 nitrogen and oxygen atoms in total. The summed E-state index contributed by atoms with van der Waals surface area (Å²) in [6.07, 6.45) is 8.51. The van der Waals surface area contributed by atoms with E-state index in [0.29, 0.717) is 5.92 Å². The van der Waals surface area contributed by atoms with Gasteiger partial charge in [-0.2, -0.15) is 0 Å². The average Bonchev–Trinajstić information content (AvgIpc) is 2.52. The second kappa shape index (κ2) is 7.97. The zero-order valence-electron chi connectivity index (χ0n) is 13.6. The van der Waals surface area contributed by atoms with Crippen molar-refractivity contribution in [1.82, 2.24) is 4.98 Å². The third-order valence-electron chi connectivity index (χ3n) is 4.26. The van der Waals surface area contributed by atoms with Crippen LogP contribution in [0.1, 0.15) is 63.0 Å². The fraction of sp³-hybridized carbons (Fsp3) is 0.450. The topological polar surface area (TPSA) is 12.9 Å². The second-order valence-electron chi connectivity index (χ2n) is 6.04. The Morgan fingerprint density at radius 3 is 2.62 bits per heavy atom. The maximum Gasteiger partial charge on any atom is 0.0702 e. The molecule has 0 spiro atoms. The number of hydrogen-bond donors (Lipinski definition) is 0. The van der Waals surface area contributed by atoms with Gasteiger partial charge in [0, 0.05) is 11.8 Å². The number of unbranched alkanes of at least 4 members (excludes halogenated alkanes) is 3. The standard InChI is InChI=1S/C20H27N/c1-4-5-6-7-10-16(2)19-15-18(13-12-17(19)3)20-11-8-9-14-21-20/h8-9,11-16H,4-7,10H2,1-3H3. The van der Waals surface area contributed by atoms with Crippen LogP contribution in [0.5, 0.6) is 0 Å². The van der Waals surface area contributed by atoms with Gasteiger partial charge in [-0.05, 0) is 48.6 Å². The van der Waals surface area contributed by atoms with Crippen LogP contribution in [0.15, 0.2) is 42.6 Å². The highest BCUT2D eigenvalue weighted by atomic mass is 14.7. The molecule has 21 heavy (non-hydrogen) atoms. The number of pyridine rings is 1. The molecule has 0 fully saturated rings. The van der Waals surface area contributed by atoms with Gasteiger partial charge in [0.2, 0.25) is 0 Å². The molecular weight excluding hydrogens is 254 g/mol. The molecule has 0 aliphatic carbocycles. The van der Waals surface area contributed by atoms with E-state index in [1.54, 1.807) is 0 Å². The van der Waals surface area contributed by atoms with E-state index in [9.17, 15) is 0 Å². The van der Waals surface area contributed by atoms with E-state index >= 15 is 0 Å². The van der Waals surface area contributed by atoms with Crippen LogP contribution in [0, 0.1) is 6.92 Å². The largest absolute Gasteiger partial charge is 0.256 e. The highest BCUT2D eigenvalue weighted by Crippen LogP contribution is 2.29. The zero-order chi connectivity index (χ0) is 15.1. The molecule has 1 atom stereocenters. The third kappa shape index (κ3) is 4.42. The Kier molecular flexibility index (Phi) is 5.98. The van der Waals surface area contributed by atoms with Gasteiger partial charge in [-0.25, -0.2) is 0 Å². The zero-order valence-corrected chi connectivity index (χ0v) is 13.6. The van der Waals surface area contributed by atoms with Gasteiger partial charge in [0.1, 0.15) is 0 Å². The van der Waals surface area contributed by atoms with Crippen molar-refractivity contribution in [2.45, 2.75) is 58.8 Å². The molecule has 2 aromatic rings. The van der Waals surface area contributed by atoms with Crippen molar-refractivity contribution >= 4 is 0 Å². The van der Waals surface area contributed by atoms with Crippen molar-refractivity contribution in [1.29, 1.82) is 0 Å². The molecule has 0 aliphatic heterocycles. The monoisotopic (exact) mass is 281 g/mol. The van der Waals surface area contributed by atoms with E-state index in [2.05, 4.69) is 56.1 Å². The summed E-state index contributed by atoms with van der Waals surface area (Å²) in [5.74, 6) is 0.630. The van der Waals surface area contributed by atoms with Crippen molar-refractivity contribution in [3.8, 4) is 11.3 Å². The van der Waals surface area contributed by atoms with Crippen molar-refractivity contribution in [2.24, 2.45) is 0 Å². The lowest BCUT2D eigenvalue weighted by atomic mass is 9.90. The van der Waals surface area contributed by atoms with Crippen LogP contribution in [-0.4, -0.2) is 4.98 Å². The van der Waals surface area contributed by atoms with Gasteiger partial charge in [0.05, 0.1) is 5.69 Å². The molecule has 112 valence electrons. The molecule has 0 saturated heterocycles. The van der Waals surface area contributed by atoms with Gasteiger partial charge in [-0.1, -0.05) is 57.7 Å². The number of hydrogen-bond acceptors (Lipinski definition) is 1. The van der Waals surface area contributed by atoms with E-state index in [1.807, 2.05) is 12.3 Å². The quantitative estimate of drug-likeness (QED) is 0.556. The van der Waals surface area contributed by atoms with Gasteiger partial charge >= 0.3 is 0 Å². The van der Waals surface area contributed by atoms with Gasteiger partial charge < -0.3 is 0 Å². The smallest absolute Gasteiger partial charge is 0.0702 e. The Morgan fingerprint density at radius 1 is 1.05 bits per heavy atom. The summed E-state index contributed by atoms with van der Waals surface area (Å²) in [7, 11) is 0. The van der Waals surface area contributed by atoms with Crippen LogP contribution in [0.4, 0.5) is 0 Å². The van der Waals surface area contributed by atoms with Gasteiger partial charge in [-0.3, -0.25) is 4.98 Å². The van der Waals surface area contributed by atoms with E-state index in [-0.39, 0.29) is 0 Å². The first-order valence-electron chi connectivity index (χ1n) is 8.24. The maximum atomic E-state index is 4.47. The summed E-state index contributed by atoms with van der Waals surface area (Å²) in [6.45, 7) is 6.85. The Bertz CT molecular complexity index is 545. The van der Waals surface area contributed by atoms with Crippen LogP contribution in [0.2, 0.25) is 0 Å². The number of nitrogens with zero attached hydrogens (tertiary/aromatic N) is 1. The molecule has 0 radical (unpaired) electrons. The summed E-state index contributed by atoms with van der Waals surface area (Å²) in [5.41, 5.74) is 5.18. The first kappa shape index (κ1) is 15.8. The minimum atomic E-state index is 0.630. The summed E-state index contributed by atoms with van der Waals surface area (Å²) >= 11 is 0. The minimum absolute atomic E-state index is 0.630. The van der Waals surface area contributed by atoms with Crippen molar-refractivity contribution in [2.75, 3.05) is 0 Å². The minimum Gasteiger partial charge on any atom is -0.256 e. The van der Waals surface area contributed by atoms with Crippen LogP contribution >= 0.6 is 0 Å². The maximum absolute atomic E-state index is 4.47. The summed E-state index contributed by atoms with van der Waals surface area (Å²) in [6, 6.07) is 12.9. The Balaban J connectivity index is 2.12. The van der Waals surface area contributed by atoms with Crippen LogP contribution < -0.4 is 0 Å². The van der Waals surface area contributed by atoms with Gasteiger partial charge in [-0.15, -0.1) is 0 Å². The van der Waals surface area contributed by atoms with Gasteiger partial charge in [0.15, 0.2) is 0 Å². The van der Waals surface area contributed by atoms with Crippen molar-refractivity contribution in [3.05, 3.63) is 53.7 Å². The molecule has 2 rings (SSSR count). The fourth-order valence-electron chi connectivity index (χ4n) is 2.90. The number of aryl methyl sites for hydroxylation is 1. The Hall–Kier alpha value is -1.63. The molecular formula is C20H27N. The second-order valence-corrected chi connectivity index (χ2v) is 6.04. The lowest BCUT2D eigenvalue weighted by Gasteiger charge is -2.16. The molecule has 1 aromatic heterocycles. The highest BCUT2D eigenvalue weighted by Gasteiger charge is 2.10. The van der Waals surface area contributed by atoms with E-state index in [4.69, 9.17) is 0 Å². The predicted octanol–water partition coefficient (Wildman–Crippen LogP) is 6.13. The van der Waals surface area contributed by atoms with Crippen LogP contribution in [-0.2, 0) is 0 Å². The van der Waals surface area contributed by atoms with Crippen LogP contribution in [0.25, 0.3) is 11.3 Å². The number of rotatable bonds is 7. The molecule has 0 bridgehead atoms. The molecule has 0 amide bonds. The van der Waals surface area contributed by atoms with E-state index in [1.165, 1.54) is 48.8 Å². The van der Waals surface area contributed by atoms with Crippen molar-refractivity contribution in [3.63, 3.8) is 0 Å². The van der Waals surface area contributed by atoms with Crippen molar-refractivity contribution < 1.29 is 0 Å². The normalized spacial score (nSPS) is 12.3. The molecule has 0 saturated carbocycles. The Morgan fingerprint density at radius 2 is 1.90 bits per heavy atom. The fourth-order valence-corrected chi connectivity index (χ4v) is 2.90. The highest BCUT2D eigenvalue weighted by molar-refractivity contribution is 5.61. The lowest BCUT2D eigenvalue weighted by Crippen LogP contribution is -1.98. The summed E-state index contributed by atoms with van der Waals surface area (Å²) in [4.78, 5) is 4.47. The summed E-state index contributed by atoms with van der Waals surface area (Å²) in [5, 5.41) is 0. The molecule has 1 heteroatoms. The Labute approximate surface area is 129 Å². The summed E-state index contributed by atoms with van der Waals surface area (Å²) < 4.78 is 0. The third-order valence-corrected chi connectivity index (χ3v) is 4.26. The van der Waals surface area contributed by atoms with Gasteiger partial charge in [0.25, 0.3) is 0 Å². The molecule has 0 N–H and O–H groups in total. The lowest BCUT2D eigenvalue weighted by molar-refractivity contribution is 0.578. The van der Waals surface area contributed by atoms with E-state index in [0.717, 1.165) is 5.69 Å². The number of aromatic nitrogens is 1. The van der Waals surface area contributed by atoms with Crippen LogP contribution in [0.3, 0.4) is 0 Å². The predicted molar refractivity (Wildman–Crippen MR) is 91.6 cm³/mol. The van der Waals surface area contributed by atoms with E-state index < -0.39 is 0 Å². The molecule has 0 aliphatic rings. The number of benzene rings is 1. The SMILES string of the molecule is CCCCCCC(C)c1cc(-c2ccccn2)ccc1C. The molecule has 1 unspecified atom stereocenters. The molecule has 1 heterocycles. The first-order valence-corrected chi connectivity index (χ1v) is 8.24. The molecule has 1 aromatic carbocycles. The first-order chi connectivity index (χ1) is 10.2.